The lowest BCUT2D eigenvalue weighted by Crippen LogP contribution is -2.07. The quantitative estimate of drug-likeness (QED) is 0.664. The molecule has 3 nitrogen and oxygen atoms in total. The van der Waals surface area contributed by atoms with Crippen LogP contribution in [0.4, 0.5) is 15.8 Å². The van der Waals surface area contributed by atoms with Crippen LogP contribution < -0.4 is 11.1 Å². The highest BCUT2D eigenvalue weighted by atomic mass is 35.5. The van der Waals surface area contributed by atoms with Gasteiger partial charge in [-0.25, -0.2) is 4.39 Å². The first-order valence-corrected chi connectivity index (χ1v) is 6.64. The lowest BCUT2D eigenvalue weighted by molar-refractivity contribution is -0.111. The zero-order valence-electron chi connectivity index (χ0n) is 11.4. The number of benzene rings is 2. The van der Waals surface area contributed by atoms with Gasteiger partial charge in [-0.3, -0.25) is 4.79 Å². The summed E-state index contributed by atoms with van der Waals surface area (Å²) in [5.41, 5.74) is 8.70. The zero-order chi connectivity index (χ0) is 15.4. The van der Waals surface area contributed by atoms with E-state index in [0.29, 0.717) is 11.4 Å². The molecule has 21 heavy (non-hydrogen) atoms. The standard InChI is InChI=1S/C16H14ClFN2O/c1-10-2-3-11(8-15(10)19)4-7-16(21)20-12-5-6-14(18)13(17)9-12/h2-9H,19H2,1H3,(H,20,21)/b7-4+. The Morgan fingerprint density at radius 1 is 1.29 bits per heavy atom. The maximum atomic E-state index is 13.0. The molecule has 0 atom stereocenters. The van der Waals surface area contributed by atoms with Crippen molar-refractivity contribution < 1.29 is 9.18 Å². The number of aryl methyl sites for hydroxylation is 1. The summed E-state index contributed by atoms with van der Waals surface area (Å²) in [4.78, 5) is 11.8. The highest BCUT2D eigenvalue weighted by Gasteiger charge is 2.03. The number of anilines is 2. The number of nitrogens with one attached hydrogen (secondary N) is 1. The Kier molecular flexibility index (Phi) is 4.60. The molecule has 0 aromatic heterocycles. The van der Waals surface area contributed by atoms with Crippen LogP contribution in [-0.2, 0) is 4.79 Å². The van der Waals surface area contributed by atoms with Gasteiger partial charge in [0.15, 0.2) is 0 Å². The van der Waals surface area contributed by atoms with E-state index in [1.165, 1.54) is 24.3 Å². The molecule has 1 amide bonds. The average Bonchev–Trinajstić information content (AvgIpc) is 2.44. The Labute approximate surface area is 127 Å². The molecule has 0 spiro atoms. The molecule has 3 N–H and O–H groups in total. The molecule has 2 aromatic carbocycles. The Hall–Kier alpha value is -2.33. The van der Waals surface area contributed by atoms with E-state index in [1.54, 1.807) is 12.1 Å². The van der Waals surface area contributed by atoms with Gasteiger partial charge in [0.1, 0.15) is 5.82 Å². The van der Waals surface area contributed by atoms with Gasteiger partial charge >= 0.3 is 0 Å². The Bertz CT molecular complexity index is 713. The summed E-state index contributed by atoms with van der Waals surface area (Å²) in [5.74, 6) is -0.864. The van der Waals surface area contributed by atoms with Crippen LogP contribution in [-0.4, -0.2) is 5.91 Å². The van der Waals surface area contributed by atoms with Gasteiger partial charge in [0, 0.05) is 17.5 Å². The minimum Gasteiger partial charge on any atom is -0.398 e. The maximum absolute atomic E-state index is 13.0. The Balaban J connectivity index is 2.05. The highest BCUT2D eigenvalue weighted by molar-refractivity contribution is 6.31. The molecule has 0 radical (unpaired) electrons. The summed E-state index contributed by atoms with van der Waals surface area (Å²) in [6, 6.07) is 9.52. The number of halogens is 2. The van der Waals surface area contributed by atoms with Gasteiger partial charge < -0.3 is 11.1 Å². The van der Waals surface area contributed by atoms with Crippen LogP contribution in [0, 0.1) is 12.7 Å². The molecule has 0 saturated carbocycles. The van der Waals surface area contributed by atoms with Crippen molar-refractivity contribution in [2.24, 2.45) is 0 Å². The first-order chi connectivity index (χ1) is 9.95. The van der Waals surface area contributed by atoms with Crippen LogP contribution >= 0.6 is 11.6 Å². The van der Waals surface area contributed by atoms with E-state index in [2.05, 4.69) is 5.32 Å². The molecular formula is C16H14ClFN2O. The number of rotatable bonds is 3. The third-order valence-electron chi connectivity index (χ3n) is 2.92. The SMILES string of the molecule is Cc1ccc(/C=C/C(=O)Nc2ccc(F)c(Cl)c2)cc1N. The van der Waals surface area contributed by atoms with Gasteiger partial charge in [0.05, 0.1) is 5.02 Å². The molecule has 2 aromatic rings. The van der Waals surface area contributed by atoms with Crippen molar-refractivity contribution in [1.29, 1.82) is 0 Å². The van der Waals surface area contributed by atoms with Crippen LogP contribution in [0.2, 0.25) is 5.02 Å². The predicted molar refractivity (Wildman–Crippen MR) is 84.7 cm³/mol. The lowest BCUT2D eigenvalue weighted by atomic mass is 10.1. The van der Waals surface area contributed by atoms with Crippen LogP contribution in [0.1, 0.15) is 11.1 Å². The zero-order valence-corrected chi connectivity index (χ0v) is 12.1. The monoisotopic (exact) mass is 304 g/mol. The number of hydrogen-bond donors (Lipinski definition) is 2. The maximum Gasteiger partial charge on any atom is 0.248 e. The van der Waals surface area contributed by atoms with Crippen LogP contribution in [0.3, 0.4) is 0 Å². The Morgan fingerprint density at radius 3 is 2.71 bits per heavy atom. The minimum absolute atomic E-state index is 0.0388. The Morgan fingerprint density at radius 2 is 2.05 bits per heavy atom. The summed E-state index contributed by atoms with van der Waals surface area (Å²) in [6.45, 7) is 1.91. The van der Waals surface area contributed by atoms with Gasteiger partial charge in [-0.15, -0.1) is 0 Å². The van der Waals surface area contributed by atoms with E-state index in [-0.39, 0.29) is 10.9 Å². The van der Waals surface area contributed by atoms with Crippen molar-refractivity contribution in [2.75, 3.05) is 11.1 Å². The van der Waals surface area contributed by atoms with Gasteiger partial charge in [0.2, 0.25) is 5.91 Å². The van der Waals surface area contributed by atoms with Crippen molar-refractivity contribution >= 4 is 35.0 Å². The van der Waals surface area contributed by atoms with E-state index < -0.39 is 5.82 Å². The summed E-state index contributed by atoms with van der Waals surface area (Å²) in [6.07, 6.45) is 3.03. The topological polar surface area (TPSA) is 55.1 Å². The van der Waals surface area contributed by atoms with Gasteiger partial charge in [-0.05, 0) is 48.4 Å². The normalized spacial score (nSPS) is 10.8. The fourth-order valence-corrected chi connectivity index (χ4v) is 1.87. The smallest absolute Gasteiger partial charge is 0.248 e. The fourth-order valence-electron chi connectivity index (χ4n) is 1.69. The number of carbonyl (C=O) groups is 1. The van der Waals surface area contributed by atoms with Crippen molar-refractivity contribution in [3.63, 3.8) is 0 Å². The molecule has 0 fully saturated rings. The molecule has 0 aliphatic carbocycles. The van der Waals surface area contributed by atoms with Crippen molar-refractivity contribution in [3.8, 4) is 0 Å². The molecule has 2 rings (SSSR count). The minimum atomic E-state index is -0.527. The largest absolute Gasteiger partial charge is 0.398 e. The molecule has 0 heterocycles. The molecule has 5 heteroatoms. The third-order valence-corrected chi connectivity index (χ3v) is 3.21. The molecule has 0 bridgehead atoms. The second-order valence-corrected chi connectivity index (χ2v) is 4.97. The summed E-state index contributed by atoms with van der Waals surface area (Å²) in [7, 11) is 0. The second-order valence-electron chi connectivity index (χ2n) is 4.57. The molecule has 0 unspecified atom stereocenters. The molecule has 0 saturated heterocycles. The van der Waals surface area contributed by atoms with E-state index in [1.807, 2.05) is 19.1 Å². The van der Waals surface area contributed by atoms with Gasteiger partial charge in [-0.1, -0.05) is 23.7 Å². The molecule has 108 valence electrons. The van der Waals surface area contributed by atoms with E-state index in [9.17, 15) is 9.18 Å². The average molecular weight is 305 g/mol. The van der Waals surface area contributed by atoms with E-state index in [0.717, 1.165) is 11.1 Å². The van der Waals surface area contributed by atoms with E-state index >= 15 is 0 Å². The lowest BCUT2D eigenvalue weighted by Gasteiger charge is -2.03. The van der Waals surface area contributed by atoms with Gasteiger partial charge in [0.25, 0.3) is 0 Å². The summed E-state index contributed by atoms with van der Waals surface area (Å²) >= 11 is 5.64. The molecular weight excluding hydrogens is 291 g/mol. The summed E-state index contributed by atoms with van der Waals surface area (Å²) in [5, 5.41) is 2.56. The number of hydrogen-bond acceptors (Lipinski definition) is 2. The van der Waals surface area contributed by atoms with Crippen molar-refractivity contribution in [2.45, 2.75) is 6.92 Å². The number of nitrogens with two attached hydrogens (primary N) is 1. The number of carbonyl (C=O) groups excluding carboxylic acids is 1. The van der Waals surface area contributed by atoms with Crippen LogP contribution in [0.25, 0.3) is 6.08 Å². The third kappa shape index (κ3) is 4.07. The fraction of sp³-hybridized carbons (Fsp3) is 0.0625. The molecule has 0 aliphatic rings. The number of amides is 1. The highest BCUT2D eigenvalue weighted by Crippen LogP contribution is 2.19. The second kappa shape index (κ2) is 6.41. The van der Waals surface area contributed by atoms with Crippen LogP contribution in [0.15, 0.2) is 42.5 Å². The first-order valence-electron chi connectivity index (χ1n) is 6.26. The van der Waals surface area contributed by atoms with Crippen molar-refractivity contribution in [1.82, 2.24) is 0 Å². The van der Waals surface area contributed by atoms with Crippen LogP contribution in [0.5, 0.6) is 0 Å². The summed E-state index contributed by atoms with van der Waals surface area (Å²) < 4.78 is 13.0. The van der Waals surface area contributed by atoms with Crippen molar-refractivity contribution in [3.05, 3.63) is 64.4 Å². The van der Waals surface area contributed by atoms with Gasteiger partial charge in [-0.2, -0.15) is 0 Å². The van der Waals surface area contributed by atoms with E-state index in [4.69, 9.17) is 17.3 Å². The predicted octanol–water partition coefficient (Wildman–Crippen LogP) is 4.02. The molecule has 0 aliphatic heterocycles. The number of nitrogen functional groups attached to an aromatic ring is 1. The first kappa shape index (κ1) is 15.1.